The van der Waals surface area contributed by atoms with E-state index in [1.54, 1.807) is 61.7 Å². The largest absolute Gasteiger partial charge is 0.497 e. The third-order valence-electron chi connectivity index (χ3n) is 5.99. The molecule has 10 heteroatoms. The van der Waals surface area contributed by atoms with E-state index in [-0.39, 0.29) is 23.5 Å². The molecule has 0 amide bonds. The first-order valence-electron chi connectivity index (χ1n) is 11.3. The number of nitrogens with one attached hydrogen (secondary N) is 1. The van der Waals surface area contributed by atoms with Crippen molar-refractivity contribution in [2.75, 3.05) is 28.4 Å². The molecule has 4 rings (SSSR count). The van der Waals surface area contributed by atoms with E-state index < -0.39 is 15.6 Å². The summed E-state index contributed by atoms with van der Waals surface area (Å²) < 4.78 is 49.8. The first-order valence-corrected chi connectivity index (χ1v) is 12.8. The molecule has 0 aliphatic rings. The van der Waals surface area contributed by atoms with Gasteiger partial charge in [0, 0.05) is 30.1 Å². The van der Waals surface area contributed by atoms with Crippen molar-refractivity contribution in [3.63, 3.8) is 0 Å². The minimum Gasteiger partial charge on any atom is -0.497 e. The number of rotatable bonds is 10. The number of hydrogen-bond donors (Lipinski definition) is 1. The van der Waals surface area contributed by atoms with Crippen molar-refractivity contribution in [1.29, 1.82) is 0 Å². The number of pyridine rings is 1. The lowest BCUT2D eigenvalue weighted by atomic mass is 10.1. The fourth-order valence-electron chi connectivity index (χ4n) is 3.94. The predicted octanol–water partition coefficient (Wildman–Crippen LogP) is 3.95. The van der Waals surface area contributed by atoms with E-state index >= 15 is 0 Å². The van der Waals surface area contributed by atoms with Crippen molar-refractivity contribution >= 4 is 20.9 Å². The van der Waals surface area contributed by atoms with Crippen molar-refractivity contribution in [3.05, 3.63) is 88.2 Å². The van der Waals surface area contributed by atoms with Crippen molar-refractivity contribution < 1.29 is 27.4 Å². The predicted molar refractivity (Wildman–Crippen MR) is 140 cm³/mol. The van der Waals surface area contributed by atoms with Crippen LogP contribution in [-0.4, -0.2) is 46.1 Å². The number of ether oxygens (including phenoxy) is 4. The molecular weight excluding hydrogens is 496 g/mol. The molecule has 1 heterocycles. The zero-order valence-corrected chi connectivity index (χ0v) is 21.8. The summed E-state index contributed by atoms with van der Waals surface area (Å²) >= 11 is 0. The summed E-state index contributed by atoms with van der Waals surface area (Å²) in [6.45, 7) is -0.109. The van der Waals surface area contributed by atoms with Gasteiger partial charge >= 0.3 is 0 Å². The summed E-state index contributed by atoms with van der Waals surface area (Å²) in [5.41, 5.74) is 1.17. The normalized spacial score (nSPS) is 11.5. The maximum atomic E-state index is 13.7. The van der Waals surface area contributed by atoms with Crippen LogP contribution in [0.25, 0.3) is 10.9 Å². The molecule has 9 nitrogen and oxygen atoms in total. The fraction of sp³-hybridized carbons (Fsp3) is 0.222. The van der Waals surface area contributed by atoms with Gasteiger partial charge in [-0.25, -0.2) is 8.42 Å². The van der Waals surface area contributed by atoms with Crippen LogP contribution in [0.3, 0.4) is 0 Å². The summed E-state index contributed by atoms with van der Waals surface area (Å²) in [5, 5.41) is 0.679. The van der Waals surface area contributed by atoms with Crippen LogP contribution in [-0.2, 0) is 23.1 Å². The summed E-state index contributed by atoms with van der Waals surface area (Å²) in [5.74, 6) is 2.16. The smallest absolute Gasteiger partial charge is 0.252 e. The van der Waals surface area contributed by atoms with E-state index in [0.717, 1.165) is 5.56 Å². The zero-order valence-electron chi connectivity index (χ0n) is 21.0. The fourth-order valence-corrected chi connectivity index (χ4v) is 5.35. The van der Waals surface area contributed by atoms with E-state index in [1.165, 1.54) is 37.8 Å². The number of aromatic amines is 1. The average Bonchev–Trinajstić information content (AvgIpc) is 2.92. The van der Waals surface area contributed by atoms with Gasteiger partial charge in [-0.05, 0) is 54.1 Å². The molecule has 0 saturated heterocycles. The van der Waals surface area contributed by atoms with Gasteiger partial charge in [-0.2, -0.15) is 4.31 Å². The minimum atomic E-state index is -3.98. The maximum Gasteiger partial charge on any atom is 0.252 e. The van der Waals surface area contributed by atoms with Gasteiger partial charge in [0.05, 0.1) is 38.9 Å². The van der Waals surface area contributed by atoms with Crippen molar-refractivity contribution in [3.8, 4) is 23.0 Å². The molecule has 0 saturated carbocycles. The molecule has 0 radical (unpaired) electrons. The SMILES string of the molecule is COc1ccc(CN(Cc2cc3cc(OC)c(OC)cc3[nH]c2=O)S(=O)(=O)c2ccc(OC)cc2)cc1. The second kappa shape index (κ2) is 10.9. The van der Waals surface area contributed by atoms with Crippen LogP contribution >= 0.6 is 0 Å². The number of hydrogen-bond acceptors (Lipinski definition) is 7. The first kappa shape index (κ1) is 26.1. The number of nitrogens with zero attached hydrogens (tertiary/aromatic N) is 1. The number of benzene rings is 3. The Morgan fingerprint density at radius 3 is 1.86 bits per heavy atom. The highest BCUT2D eigenvalue weighted by molar-refractivity contribution is 7.89. The van der Waals surface area contributed by atoms with Crippen LogP contribution in [0.1, 0.15) is 11.1 Å². The van der Waals surface area contributed by atoms with Crippen LogP contribution in [0.5, 0.6) is 23.0 Å². The molecule has 0 unspecified atom stereocenters. The highest BCUT2D eigenvalue weighted by Crippen LogP contribution is 2.31. The molecule has 0 bridgehead atoms. The minimum absolute atomic E-state index is 0.0434. The van der Waals surface area contributed by atoms with Crippen molar-refractivity contribution in [2.24, 2.45) is 0 Å². The van der Waals surface area contributed by atoms with Crippen molar-refractivity contribution in [2.45, 2.75) is 18.0 Å². The Kier molecular flexibility index (Phi) is 7.70. The Balaban J connectivity index is 1.77. The molecule has 0 fully saturated rings. The summed E-state index contributed by atoms with van der Waals surface area (Å²) in [4.78, 5) is 15.9. The topological polar surface area (TPSA) is 107 Å². The van der Waals surface area contributed by atoms with Crippen molar-refractivity contribution in [1.82, 2.24) is 9.29 Å². The Morgan fingerprint density at radius 2 is 1.30 bits per heavy atom. The third kappa shape index (κ3) is 5.55. The third-order valence-corrected chi connectivity index (χ3v) is 7.79. The molecule has 3 aromatic carbocycles. The summed E-state index contributed by atoms with van der Waals surface area (Å²) in [6, 6.07) is 18.3. The Labute approximate surface area is 215 Å². The highest BCUT2D eigenvalue weighted by Gasteiger charge is 2.26. The second-order valence-electron chi connectivity index (χ2n) is 8.21. The molecule has 4 aromatic rings. The number of H-pyrrole nitrogens is 1. The van der Waals surface area contributed by atoms with Crippen LogP contribution < -0.4 is 24.5 Å². The molecule has 1 aromatic heterocycles. The second-order valence-corrected chi connectivity index (χ2v) is 10.2. The van der Waals surface area contributed by atoms with E-state index in [2.05, 4.69) is 4.98 Å². The molecule has 194 valence electrons. The summed E-state index contributed by atoms with van der Waals surface area (Å²) in [7, 11) is 2.12. The summed E-state index contributed by atoms with van der Waals surface area (Å²) in [6.07, 6.45) is 0. The number of fused-ring (bicyclic) bond motifs is 1. The average molecular weight is 525 g/mol. The number of methoxy groups -OCH3 is 4. The molecular formula is C27H28N2O7S. The van der Waals surface area contributed by atoms with Gasteiger partial charge in [-0.1, -0.05) is 12.1 Å². The van der Waals surface area contributed by atoms with E-state index in [9.17, 15) is 13.2 Å². The molecule has 37 heavy (non-hydrogen) atoms. The first-order chi connectivity index (χ1) is 17.8. The monoisotopic (exact) mass is 524 g/mol. The maximum absolute atomic E-state index is 13.7. The van der Waals surface area contributed by atoms with Gasteiger partial charge in [-0.3, -0.25) is 4.79 Å². The lowest BCUT2D eigenvalue weighted by molar-refractivity contribution is 0.355. The molecule has 1 N–H and O–H groups in total. The molecule has 0 aliphatic heterocycles. The molecule has 0 aliphatic carbocycles. The van der Waals surface area contributed by atoms with Gasteiger partial charge in [0.25, 0.3) is 5.56 Å². The van der Waals surface area contributed by atoms with Gasteiger partial charge in [-0.15, -0.1) is 0 Å². The zero-order chi connectivity index (χ0) is 26.6. The van der Waals surface area contributed by atoms with E-state index in [4.69, 9.17) is 18.9 Å². The van der Waals surface area contributed by atoms with E-state index in [1.807, 2.05) is 0 Å². The van der Waals surface area contributed by atoms with Gasteiger partial charge in [0.15, 0.2) is 11.5 Å². The van der Waals surface area contributed by atoms with Gasteiger partial charge in [0.1, 0.15) is 11.5 Å². The standard InChI is InChI=1S/C27H28N2O7S/c1-33-21-7-5-18(6-8-21)16-29(37(31,32)23-11-9-22(34-2)10-12-23)17-20-13-19-14-25(35-3)26(36-4)15-24(19)28-27(20)30/h5-15H,16-17H2,1-4H3,(H,28,30). The lowest BCUT2D eigenvalue weighted by Crippen LogP contribution is -2.32. The van der Waals surface area contributed by atoms with Gasteiger partial charge < -0.3 is 23.9 Å². The lowest BCUT2D eigenvalue weighted by Gasteiger charge is -2.23. The van der Waals surface area contributed by atoms with Crippen LogP contribution in [0.4, 0.5) is 0 Å². The highest BCUT2D eigenvalue weighted by atomic mass is 32.2. The van der Waals surface area contributed by atoms with Crippen LogP contribution in [0.2, 0.25) is 0 Å². The van der Waals surface area contributed by atoms with Crippen LogP contribution in [0, 0.1) is 0 Å². The number of sulfonamides is 1. The van der Waals surface area contributed by atoms with Gasteiger partial charge in [0.2, 0.25) is 10.0 Å². The molecule has 0 atom stereocenters. The quantitative estimate of drug-likeness (QED) is 0.335. The Morgan fingerprint density at radius 1 is 0.730 bits per heavy atom. The van der Waals surface area contributed by atoms with Crippen LogP contribution in [0.15, 0.2) is 76.4 Å². The van der Waals surface area contributed by atoms with E-state index in [0.29, 0.717) is 33.9 Å². The Bertz CT molecular complexity index is 1550. The number of aromatic nitrogens is 1. The molecule has 0 spiro atoms. The Hall–Kier alpha value is -4.02.